The summed E-state index contributed by atoms with van der Waals surface area (Å²) >= 11 is 3.44. The number of ether oxygens (including phenoxy) is 1. The van der Waals surface area contributed by atoms with Gasteiger partial charge in [0, 0.05) is 11.0 Å². The SMILES string of the molecule is CN(C)CCCN1C(=O)c2oc3ccc(Br)cc3c(=O)c2C1c1cccc(Oc2ccccc2)c1. The van der Waals surface area contributed by atoms with Crippen molar-refractivity contribution in [3.8, 4) is 11.5 Å². The Bertz CT molecular complexity index is 1450. The minimum Gasteiger partial charge on any atom is -0.457 e. The lowest BCUT2D eigenvalue weighted by molar-refractivity contribution is 0.0722. The molecule has 4 aromatic rings. The van der Waals surface area contributed by atoms with Crippen LogP contribution in [-0.4, -0.2) is 42.9 Å². The topological polar surface area (TPSA) is 63.0 Å². The minimum atomic E-state index is -0.557. The van der Waals surface area contributed by atoms with Crippen LogP contribution in [-0.2, 0) is 0 Å². The highest BCUT2D eigenvalue weighted by Crippen LogP contribution is 2.39. The van der Waals surface area contributed by atoms with Gasteiger partial charge in [-0.15, -0.1) is 0 Å². The van der Waals surface area contributed by atoms with E-state index in [0.717, 1.165) is 23.0 Å². The molecule has 0 spiro atoms. The fourth-order valence-corrected chi connectivity index (χ4v) is 4.86. The maximum atomic E-state index is 13.7. The summed E-state index contributed by atoms with van der Waals surface area (Å²) in [6.07, 6.45) is 0.767. The van der Waals surface area contributed by atoms with E-state index in [1.54, 1.807) is 23.1 Å². The van der Waals surface area contributed by atoms with Gasteiger partial charge in [0.15, 0.2) is 5.43 Å². The number of nitrogens with zero attached hydrogens (tertiary/aromatic N) is 2. The molecule has 6 nitrogen and oxygen atoms in total. The molecule has 0 saturated heterocycles. The van der Waals surface area contributed by atoms with E-state index in [2.05, 4.69) is 20.8 Å². The first-order chi connectivity index (χ1) is 16.9. The van der Waals surface area contributed by atoms with Crippen LogP contribution in [0, 0.1) is 0 Å². The number of rotatable bonds is 7. The Morgan fingerprint density at radius 3 is 2.51 bits per heavy atom. The van der Waals surface area contributed by atoms with Gasteiger partial charge in [-0.2, -0.15) is 0 Å². The van der Waals surface area contributed by atoms with Crippen molar-refractivity contribution in [2.24, 2.45) is 0 Å². The number of carbonyl (C=O) groups is 1. The number of hydrogen-bond donors (Lipinski definition) is 0. The van der Waals surface area contributed by atoms with Gasteiger partial charge >= 0.3 is 0 Å². The molecule has 1 aliphatic rings. The van der Waals surface area contributed by atoms with Crippen molar-refractivity contribution in [1.82, 2.24) is 9.80 Å². The predicted octanol–water partition coefficient (Wildman–Crippen LogP) is 5.84. The van der Waals surface area contributed by atoms with Crippen molar-refractivity contribution in [3.63, 3.8) is 0 Å². The van der Waals surface area contributed by atoms with E-state index in [0.29, 0.717) is 34.6 Å². The second kappa shape index (κ2) is 9.68. The lowest BCUT2D eigenvalue weighted by Gasteiger charge is -2.26. The Labute approximate surface area is 211 Å². The summed E-state index contributed by atoms with van der Waals surface area (Å²) in [5, 5.41) is 0.447. The molecule has 1 atom stereocenters. The summed E-state index contributed by atoms with van der Waals surface area (Å²) < 4.78 is 12.9. The third kappa shape index (κ3) is 4.61. The van der Waals surface area contributed by atoms with Crippen molar-refractivity contribution in [2.75, 3.05) is 27.2 Å². The first-order valence-corrected chi connectivity index (χ1v) is 12.3. The molecule has 0 fully saturated rings. The highest BCUT2D eigenvalue weighted by atomic mass is 79.9. The van der Waals surface area contributed by atoms with E-state index in [1.807, 2.05) is 68.7 Å². The zero-order valence-electron chi connectivity index (χ0n) is 19.5. The minimum absolute atomic E-state index is 0.119. The first-order valence-electron chi connectivity index (χ1n) is 11.5. The zero-order valence-corrected chi connectivity index (χ0v) is 21.1. The molecule has 0 N–H and O–H groups in total. The molecule has 0 aliphatic carbocycles. The third-order valence-electron chi connectivity index (χ3n) is 6.08. The number of hydrogen-bond acceptors (Lipinski definition) is 5. The van der Waals surface area contributed by atoms with Crippen LogP contribution in [0.3, 0.4) is 0 Å². The normalized spacial score (nSPS) is 15.1. The molecular formula is C28H25BrN2O4. The second-order valence-corrected chi connectivity index (χ2v) is 9.78. The standard InChI is InChI=1S/C28H25BrN2O4/c1-30(2)14-7-15-31-25(18-8-6-11-21(16-18)34-20-9-4-3-5-10-20)24-26(32)22-17-19(29)12-13-23(22)35-27(24)28(31)33/h3-6,8-13,16-17,25H,7,14-15H2,1-2H3. The summed E-state index contributed by atoms with van der Waals surface area (Å²) in [7, 11) is 4.00. The third-order valence-corrected chi connectivity index (χ3v) is 6.58. The Hall–Kier alpha value is -3.42. The van der Waals surface area contributed by atoms with Gasteiger partial charge in [-0.25, -0.2) is 0 Å². The summed E-state index contributed by atoms with van der Waals surface area (Å²) in [6.45, 7) is 1.31. The van der Waals surface area contributed by atoms with E-state index in [1.165, 1.54) is 0 Å². The van der Waals surface area contributed by atoms with E-state index in [-0.39, 0.29) is 17.1 Å². The maximum absolute atomic E-state index is 13.7. The smallest absolute Gasteiger partial charge is 0.290 e. The molecule has 5 rings (SSSR count). The van der Waals surface area contributed by atoms with Crippen molar-refractivity contribution in [2.45, 2.75) is 12.5 Å². The molecular weight excluding hydrogens is 508 g/mol. The van der Waals surface area contributed by atoms with E-state index in [9.17, 15) is 9.59 Å². The number of halogens is 1. The van der Waals surface area contributed by atoms with Crippen LogP contribution in [0.4, 0.5) is 0 Å². The maximum Gasteiger partial charge on any atom is 0.290 e. The summed E-state index contributed by atoms with van der Waals surface area (Å²) in [5.74, 6) is 1.20. The van der Waals surface area contributed by atoms with E-state index in [4.69, 9.17) is 9.15 Å². The lowest BCUT2D eigenvalue weighted by Crippen LogP contribution is -2.32. The van der Waals surface area contributed by atoms with Crippen LogP contribution in [0.25, 0.3) is 11.0 Å². The molecule has 35 heavy (non-hydrogen) atoms. The largest absolute Gasteiger partial charge is 0.457 e. The Balaban J connectivity index is 1.61. The molecule has 1 aromatic heterocycles. The summed E-state index contributed by atoms with van der Waals surface area (Å²) in [4.78, 5) is 31.1. The second-order valence-electron chi connectivity index (χ2n) is 8.86. The fraction of sp³-hybridized carbons (Fsp3) is 0.214. The van der Waals surface area contributed by atoms with Gasteiger partial charge in [0.2, 0.25) is 5.76 Å². The molecule has 7 heteroatoms. The molecule has 0 bridgehead atoms. The molecule has 1 unspecified atom stereocenters. The molecule has 0 saturated carbocycles. The molecule has 0 radical (unpaired) electrons. The monoisotopic (exact) mass is 532 g/mol. The van der Waals surface area contributed by atoms with Crippen LogP contribution in [0.1, 0.15) is 34.1 Å². The zero-order chi connectivity index (χ0) is 24.5. The van der Waals surface area contributed by atoms with Gasteiger partial charge in [0.1, 0.15) is 17.1 Å². The first kappa shape index (κ1) is 23.3. The van der Waals surface area contributed by atoms with Crippen molar-refractivity contribution >= 4 is 32.8 Å². The van der Waals surface area contributed by atoms with Crippen LogP contribution in [0.2, 0.25) is 0 Å². The lowest BCUT2D eigenvalue weighted by atomic mass is 9.98. The fourth-order valence-electron chi connectivity index (χ4n) is 4.50. The van der Waals surface area contributed by atoms with E-state index < -0.39 is 6.04 Å². The van der Waals surface area contributed by atoms with Crippen LogP contribution < -0.4 is 10.2 Å². The van der Waals surface area contributed by atoms with Crippen molar-refractivity contribution in [1.29, 1.82) is 0 Å². The van der Waals surface area contributed by atoms with Gasteiger partial charge in [-0.1, -0.05) is 46.3 Å². The molecule has 3 aromatic carbocycles. The van der Waals surface area contributed by atoms with Gasteiger partial charge in [-0.05, 0) is 75.1 Å². The summed E-state index contributed by atoms with van der Waals surface area (Å²) in [5.41, 5.74) is 1.39. The Morgan fingerprint density at radius 2 is 1.74 bits per heavy atom. The van der Waals surface area contributed by atoms with Gasteiger partial charge < -0.3 is 19.0 Å². The van der Waals surface area contributed by atoms with Crippen molar-refractivity contribution in [3.05, 3.63) is 104 Å². The molecule has 1 aliphatic heterocycles. The number of carbonyl (C=O) groups excluding carboxylic acids is 1. The van der Waals surface area contributed by atoms with Crippen LogP contribution in [0.5, 0.6) is 11.5 Å². The number of para-hydroxylation sites is 1. The molecule has 178 valence electrons. The predicted molar refractivity (Wildman–Crippen MR) is 139 cm³/mol. The number of amides is 1. The van der Waals surface area contributed by atoms with E-state index >= 15 is 0 Å². The number of fused-ring (bicyclic) bond motifs is 2. The van der Waals surface area contributed by atoms with Gasteiger partial charge in [0.05, 0.1) is 17.0 Å². The van der Waals surface area contributed by atoms with Gasteiger partial charge in [-0.3, -0.25) is 9.59 Å². The molecule has 2 heterocycles. The van der Waals surface area contributed by atoms with Crippen LogP contribution in [0.15, 0.2) is 86.5 Å². The number of benzene rings is 3. The Morgan fingerprint density at radius 1 is 0.971 bits per heavy atom. The highest BCUT2D eigenvalue weighted by molar-refractivity contribution is 9.10. The average molecular weight is 533 g/mol. The van der Waals surface area contributed by atoms with Gasteiger partial charge in [0.25, 0.3) is 5.91 Å². The Kier molecular flexibility index (Phi) is 6.45. The van der Waals surface area contributed by atoms with Crippen molar-refractivity contribution < 1.29 is 13.9 Å². The van der Waals surface area contributed by atoms with Crippen LogP contribution >= 0.6 is 15.9 Å². The highest BCUT2D eigenvalue weighted by Gasteiger charge is 2.42. The average Bonchev–Trinajstić information content (AvgIpc) is 3.12. The summed E-state index contributed by atoms with van der Waals surface area (Å²) in [6, 6.07) is 21.8. The molecule has 1 amide bonds. The quantitative estimate of drug-likeness (QED) is 0.299.